The van der Waals surface area contributed by atoms with Crippen LogP contribution in [-0.2, 0) is 0 Å². The molecule has 1 atom stereocenters. The molecule has 5 rings (SSSR count). The second kappa shape index (κ2) is 7.54. The first-order valence-electron chi connectivity index (χ1n) is 8.67. The number of hydrogen-bond donors (Lipinski definition) is 3. The number of benzene rings is 1. The number of nitrogens with zero attached hydrogens (tertiary/aromatic N) is 5. The number of aromatic nitrogens is 5. The molecule has 148 valence electrons. The molecule has 1 aliphatic heterocycles. The van der Waals surface area contributed by atoms with Crippen molar-refractivity contribution >= 4 is 30.8 Å². The van der Waals surface area contributed by atoms with Gasteiger partial charge in [0.25, 0.3) is 0 Å². The van der Waals surface area contributed by atoms with Crippen LogP contribution in [0.2, 0.25) is 0 Å². The van der Waals surface area contributed by atoms with Crippen LogP contribution in [0.5, 0.6) is 5.75 Å². The Balaban J connectivity index is 0.00000112. The molecule has 2 aromatic heterocycles. The van der Waals surface area contributed by atoms with Gasteiger partial charge < -0.3 is 15.7 Å². The minimum Gasteiger partial charge on any atom is -0.507 e. The van der Waals surface area contributed by atoms with Crippen LogP contribution in [0, 0.1) is 5.41 Å². The summed E-state index contributed by atoms with van der Waals surface area (Å²) < 4.78 is 0. The fourth-order valence-corrected chi connectivity index (χ4v) is 3.71. The average molecular weight is 422 g/mol. The standard InChI is InChI=1S/C18H19N7O.2ClH/c19-16-9-25(10-18(16)3-4-18)17-20-8-14(23-24-17)13-2-1-11(5-15(13)26)12-6-21-22-7-12;;/h1-2,5-8,16,26H,3-4,9-10,19H2,(H,21,22);2*1H/t16-;;/m1../s1. The van der Waals surface area contributed by atoms with E-state index in [0.717, 1.165) is 24.2 Å². The van der Waals surface area contributed by atoms with Crippen molar-refractivity contribution in [1.29, 1.82) is 0 Å². The van der Waals surface area contributed by atoms with E-state index >= 15 is 0 Å². The monoisotopic (exact) mass is 421 g/mol. The number of aromatic amines is 1. The molecule has 1 spiro atoms. The number of hydrogen-bond acceptors (Lipinski definition) is 7. The van der Waals surface area contributed by atoms with Gasteiger partial charge in [0.1, 0.15) is 11.4 Å². The van der Waals surface area contributed by atoms with Crippen molar-refractivity contribution in [3.8, 4) is 28.1 Å². The normalized spacial score (nSPS) is 19.2. The number of H-pyrrole nitrogens is 1. The van der Waals surface area contributed by atoms with Gasteiger partial charge in [0.2, 0.25) is 5.95 Å². The summed E-state index contributed by atoms with van der Waals surface area (Å²) >= 11 is 0. The number of nitrogens with one attached hydrogen (secondary N) is 1. The van der Waals surface area contributed by atoms with E-state index in [1.807, 2.05) is 12.1 Å². The zero-order valence-corrected chi connectivity index (χ0v) is 16.6. The summed E-state index contributed by atoms with van der Waals surface area (Å²) in [6, 6.07) is 5.59. The Morgan fingerprint density at radius 2 is 1.96 bits per heavy atom. The van der Waals surface area contributed by atoms with Crippen molar-refractivity contribution in [3.63, 3.8) is 0 Å². The maximum atomic E-state index is 10.4. The molecule has 2 fully saturated rings. The van der Waals surface area contributed by atoms with Gasteiger partial charge in [-0.2, -0.15) is 5.10 Å². The van der Waals surface area contributed by atoms with Crippen LogP contribution >= 0.6 is 24.8 Å². The van der Waals surface area contributed by atoms with E-state index < -0.39 is 0 Å². The fourth-order valence-electron chi connectivity index (χ4n) is 3.71. The lowest BCUT2D eigenvalue weighted by Crippen LogP contribution is -2.30. The van der Waals surface area contributed by atoms with Gasteiger partial charge in [-0.15, -0.1) is 35.0 Å². The summed E-state index contributed by atoms with van der Waals surface area (Å²) in [6.07, 6.45) is 7.51. The first-order valence-corrected chi connectivity index (χ1v) is 8.67. The summed E-state index contributed by atoms with van der Waals surface area (Å²) in [5.41, 5.74) is 9.42. The Morgan fingerprint density at radius 3 is 2.54 bits per heavy atom. The Bertz CT molecular complexity index is 945. The van der Waals surface area contributed by atoms with Gasteiger partial charge in [0.05, 0.1) is 12.4 Å². The minimum atomic E-state index is 0. The molecule has 0 bridgehead atoms. The number of phenols is 1. The molecule has 1 aromatic carbocycles. The third kappa shape index (κ3) is 3.39. The molecular formula is C18H21Cl2N7O. The second-order valence-corrected chi connectivity index (χ2v) is 7.21. The smallest absolute Gasteiger partial charge is 0.245 e. The van der Waals surface area contributed by atoms with Crippen molar-refractivity contribution < 1.29 is 5.11 Å². The summed E-state index contributed by atoms with van der Waals surface area (Å²) in [7, 11) is 0. The Kier molecular flexibility index (Phi) is 5.47. The second-order valence-electron chi connectivity index (χ2n) is 7.21. The molecule has 28 heavy (non-hydrogen) atoms. The quantitative estimate of drug-likeness (QED) is 0.594. The lowest BCUT2D eigenvalue weighted by atomic mass is 10.0. The largest absolute Gasteiger partial charge is 0.507 e. The highest BCUT2D eigenvalue weighted by atomic mass is 35.5. The van der Waals surface area contributed by atoms with Gasteiger partial charge in [-0.1, -0.05) is 6.07 Å². The lowest BCUT2D eigenvalue weighted by Gasteiger charge is -2.15. The highest BCUT2D eigenvalue weighted by Crippen LogP contribution is 2.52. The molecule has 1 aliphatic carbocycles. The highest BCUT2D eigenvalue weighted by molar-refractivity contribution is 5.85. The number of phenolic OH excluding ortho intramolecular Hbond substituents is 1. The Labute approximate surface area is 174 Å². The van der Waals surface area contributed by atoms with Gasteiger partial charge in [0.15, 0.2) is 0 Å². The van der Waals surface area contributed by atoms with Crippen LogP contribution in [0.15, 0.2) is 36.8 Å². The molecule has 0 radical (unpaired) electrons. The van der Waals surface area contributed by atoms with Crippen molar-refractivity contribution in [2.45, 2.75) is 18.9 Å². The predicted octanol–water partition coefficient (Wildman–Crippen LogP) is 2.41. The molecule has 1 saturated heterocycles. The summed E-state index contributed by atoms with van der Waals surface area (Å²) in [6.45, 7) is 1.67. The summed E-state index contributed by atoms with van der Waals surface area (Å²) in [5.74, 6) is 0.732. The molecular weight excluding hydrogens is 401 g/mol. The van der Waals surface area contributed by atoms with E-state index in [4.69, 9.17) is 5.73 Å². The lowest BCUT2D eigenvalue weighted by molar-refractivity contribution is 0.477. The minimum absolute atomic E-state index is 0. The van der Waals surface area contributed by atoms with Gasteiger partial charge in [0, 0.05) is 41.9 Å². The number of rotatable bonds is 3. The SMILES string of the molecule is Cl.Cl.N[C@@H]1CN(c2ncc(-c3ccc(-c4cn[nH]c4)cc3O)nn2)CC12CC2. The van der Waals surface area contributed by atoms with Crippen LogP contribution in [0.3, 0.4) is 0 Å². The number of aromatic hydroxyl groups is 1. The molecule has 0 unspecified atom stereocenters. The molecule has 3 aromatic rings. The third-order valence-electron chi connectivity index (χ3n) is 5.54. The van der Waals surface area contributed by atoms with Crippen molar-refractivity contribution in [2.75, 3.05) is 18.0 Å². The van der Waals surface area contributed by atoms with Crippen LogP contribution in [-0.4, -0.2) is 49.6 Å². The predicted molar refractivity (Wildman–Crippen MR) is 111 cm³/mol. The van der Waals surface area contributed by atoms with Crippen LogP contribution in [0.25, 0.3) is 22.4 Å². The van der Waals surface area contributed by atoms with E-state index in [1.165, 1.54) is 12.8 Å². The summed E-state index contributed by atoms with van der Waals surface area (Å²) in [5, 5.41) is 25.6. The zero-order chi connectivity index (χ0) is 17.7. The van der Waals surface area contributed by atoms with E-state index in [-0.39, 0.29) is 42.0 Å². The molecule has 8 nitrogen and oxygen atoms in total. The van der Waals surface area contributed by atoms with Crippen LogP contribution in [0.1, 0.15) is 12.8 Å². The molecule has 4 N–H and O–H groups in total. The van der Waals surface area contributed by atoms with Crippen LogP contribution < -0.4 is 10.6 Å². The topological polar surface area (TPSA) is 117 Å². The number of nitrogens with two attached hydrogens (primary N) is 1. The van der Waals surface area contributed by atoms with Crippen LogP contribution in [0.4, 0.5) is 5.95 Å². The Morgan fingerprint density at radius 1 is 1.14 bits per heavy atom. The van der Waals surface area contributed by atoms with Gasteiger partial charge in [-0.25, -0.2) is 4.98 Å². The average Bonchev–Trinajstić information content (AvgIpc) is 3.09. The zero-order valence-electron chi connectivity index (χ0n) is 14.9. The maximum Gasteiger partial charge on any atom is 0.245 e. The van der Waals surface area contributed by atoms with E-state index in [1.54, 1.807) is 24.7 Å². The first kappa shape index (κ1) is 20.3. The molecule has 2 aliphatic rings. The maximum absolute atomic E-state index is 10.4. The fraction of sp³-hybridized carbons (Fsp3) is 0.333. The van der Waals surface area contributed by atoms with E-state index in [9.17, 15) is 5.11 Å². The third-order valence-corrected chi connectivity index (χ3v) is 5.54. The molecule has 1 saturated carbocycles. The van der Waals surface area contributed by atoms with Gasteiger partial charge >= 0.3 is 0 Å². The van der Waals surface area contributed by atoms with E-state index in [2.05, 4.69) is 30.3 Å². The number of halogens is 2. The Hall–Kier alpha value is -2.42. The van der Waals surface area contributed by atoms with E-state index in [0.29, 0.717) is 17.2 Å². The molecule has 0 amide bonds. The van der Waals surface area contributed by atoms with Crippen molar-refractivity contribution in [2.24, 2.45) is 11.1 Å². The number of anilines is 1. The van der Waals surface area contributed by atoms with Crippen molar-refractivity contribution in [3.05, 3.63) is 36.8 Å². The molecule has 3 heterocycles. The van der Waals surface area contributed by atoms with Gasteiger partial charge in [-0.3, -0.25) is 5.10 Å². The molecule has 10 heteroatoms. The first-order chi connectivity index (χ1) is 12.6. The summed E-state index contributed by atoms with van der Waals surface area (Å²) in [4.78, 5) is 6.56. The van der Waals surface area contributed by atoms with Crippen molar-refractivity contribution in [1.82, 2.24) is 25.4 Å². The van der Waals surface area contributed by atoms with Gasteiger partial charge in [-0.05, 0) is 30.5 Å². The highest BCUT2D eigenvalue weighted by Gasteiger charge is 2.54.